The highest BCUT2D eigenvalue weighted by molar-refractivity contribution is 6.31. The Morgan fingerprint density at radius 1 is 1.19 bits per heavy atom. The van der Waals surface area contributed by atoms with E-state index in [0.29, 0.717) is 22.2 Å². The van der Waals surface area contributed by atoms with E-state index in [2.05, 4.69) is 5.32 Å². The van der Waals surface area contributed by atoms with Gasteiger partial charge in [0.2, 0.25) is 0 Å². The largest absolute Gasteiger partial charge is 0.306 e. The highest BCUT2D eigenvalue weighted by atomic mass is 35.5. The third-order valence-electron chi connectivity index (χ3n) is 3.21. The van der Waals surface area contributed by atoms with Crippen LogP contribution in [0.25, 0.3) is 0 Å². The zero-order valence-corrected chi connectivity index (χ0v) is 12.9. The minimum atomic E-state index is -0.428. The summed E-state index contributed by atoms with van der Waals surface area (Å²) in [5, 5.41) is 15.3. The van der Waals surface area contributed by atoms with Crippen molar-refractivity contribution in [1.82, 2.24) is 5.32 Å². The van der Waals surface area contributed by atoms with Gasteiger partial charge in [-0.2, -0.15) is 0 Å². The number of non-ortho nitro benzene ring substituents is 1. The molecule has 0 amide bonds. The predicted octanol–water partition coefficient (Wildman–Crippen LogP) is 4.75. The SMILES string of the molecule is C[C@H](NCc1cc([N+](=O)[O-])ccc1Cl)c1ccc(Cl)cc1. The van der Waals surface area contributed by atoms with Gasteiger partial charge in [0, 0.05) is 34.8 Å². The molecule has 0 spiro atoms. The van der Waals surface area contributed by atoms with E-state index in [1.165, 1.54) is 12.1 Å². The zero-order chi connectivity index (χ0) is 15.4. The molecule has 0 saturated heterocycles. The highest BCUT2D eigenvalue weighted by Crippen LogP contribution is 2.23. The predicted molar refractivity (Wildman–Crippen MR) is 84.8 cm³/mol. The van der Waals surface area contributed by atoms with Crippen LogP contribution >= 0.6 is 23.2 Å². The third-order valence-corrected chi connectivity index (χ3v) is 3.83. The number of nitro groups is 1. The Labute approximate surface area is 132 Å². The highest BCUT2D eigenvalue weighted by Gasteiger charge is 2.11. The molecule has 2 aromatic rings. The fraction of sp³-hybridized carbons (Fsp3) is 0.200. The molecular weight excluding hydrogens is 311 g/mol. The van der Waals surface area contributed by atoms with Gasteiger partial charge >= 0.3 is 0 Å². The molecule has 1 N–H and O–H groups in total. The summed E-state index contributed by atoms with van der Waals surface area (Å²) < 4.78 is 0. The van der Waals surface area contributed by atoms with Crippen LogP contribution in [-0.2, 0) is 6.54 Å². The number of nitrogens with zero attached hydrogens (tertiary/aromatic N) is 1. The Kier molecular flexibility index (Phi) is 5.17. The van der Waals surface area contributed by atoms with Crippen molar-refractivity contribution in [2.75, 3.05) is 0 Å². The minimum absolute atomic E-state index is 0.0374. The van der Waals surface area contributed by atoms with Crippen LogP contribution in [0.1, 0.15) is 24.1 Å². The Bertz CT molecular complexity index is 645. The number of nitro benzene ring substituents is 1. The van der Waals surface area contributed by atoms with Gasteiger partial charge in [-0.05, 0) is 36.2 Å². The van der Waals surface area contributed by atoms with Crippen molar-refractivity contribution in [1.29, 1.82) is 0 Å². The molecule has 0 unspecified atom stereocenters. The first-order valence-corrected chi connectivity index (χ1v) is 7.14. The molecule has 0 saturated carbocycles. The molecule has 1 atom stereocenters. The van der Waals surface area contributed by atoms with Crippen molar-refractivity contribution in [2.45, 2.75) is 19.5 Å². The van der Waals surface area contributed by atoms with E-state index in [-0.39, 0.29) is 11.7 Å². The summed E-state index contributed by atoms with van der Waals surface area (Å²) in [7, 11) is 0. The van der Waals surface area contributed by atoms with Gasteiger partial charge in [0.25, 0.3) is 5.69 Å². The van der Waals surface area contributed by atoms with Crippen LogP contribution in [0.15, 0.2) is 42.5 Å². The Morgan fingerprint density at radius 3 is 2.48 bits per heavy atom. The van der Waals surface area contributed by atoms with E-state index in [0.717, 1.165) is 5.56 Å². The van der Waals surface area contributed by atoms with Crippen molar-refractivity contribution in [3.8, 4) is 0 Å². The van der Waals surface area contributed by atoms with Gasteiger partial charge < -0.3 is 5.32 Å². The smallest absolute Gasteiger partial charge is 0.269 e. The summed E-state index contributed by atoms with van der Waals surface area (Å²) in [6.45, 7) is 2.46. The first kappa shape index (κ1) is 15.8. The first-order chi connectivity index (χ1) is 9.97. The lowest BCUT2D eigenvalue weighted by molar-refractivity contribution is -0.384. The molecule has 0 bridgehead atoms. The molecule has 0 radical (unpaired) electrons. The van der Waals surface area contributed by atoms with E-state index in [1.807, 2.05) is 31.2 Å². The van der Waals surface area contributed by atoms with Gasteiger partial charge in [0.1, 0.15) is 0 Å². The van der Waals surface area contributed by atoms with E-state index >= 15 is 0 Å². The van der Waals surface area contributed by atoms with Crippen molar-refractivity contribution < 1.29 is 4.92 Å². The number of hydrogen-bond donors (Lipinski definition) is 1. The van der Waals surface area contributed by atoms with Crippen LogP contribution in [0.3, 0.4) is 0 Å². The maximum Gasteiger partial charge on any atom is 0.269 e. The molecule has 0 aliphatic rings. The second-order valence-electron chi connectivity index (χ2n) is 4.69. The fourth-order valence-corrected chi connectivity index (χ4v) is 2.25. The lowest BCUT2D eigenvalue weighted by Gasteiger charge is -2.15. The number of halogens is 2. The van der Waals surface area contributed by atoms with E-state index in [4.69, 9.17) is 23.2 Å². The van der Waals surface area contributed by atoms with E-state index in [9.17, 15) is 10.1 Å². The minimum Gasteiger partial charge on any atom is -0.306 e. The summed E-state index contributed by atoms with van der Waals surface area (Å²) in [6.07, 6.45) is 0. The van der Waals surface area contributed by atoms with Crippen LogP contribution in [0, 0.1) is 10.1 Å². The summed E-state index contributed by atoms with van der Waals surface area (Å²) in [6, 6.07) is 12.1. The average Bonchev–Trinajstić information content (AvgIpc) is 2.46. The third kappa shape index (κ3) is 4.17. The molecule has 0 aliphatic carbocycles. The van der Waals surface area contributed by atoms with Gasteiger partial charge in [0.05, 0.1) is 4.92 Å². The topological polar surface area (TPSA) is 55.2 Å². The molecule has 4 nitrogen and oxygen atoms in total. The van der Waals surface area contributed by atoms with Crippen LogP contribution in [0.4, 0.5) is 5.69 Å². The lowest BCUT2D eigenvalue weighted by Crippen LogP contribution is -2.18. The molecule has 2 rings (SSSR count). The monoisotopic (exact) mass is 324 g/mol. The Morgan fingerprint density at radius 2 is 1.86 bits per heavy atom. The Hall–Kier alpha value is -1.62. The molecule has 0 aliphatic heterocycles. The number of rotatable bonds is 5. The van der Waals surface area contributed by atoms with Crippen LogP contribution in [0.2, 0.25) is 10.0 Å². The van der Waals surface area contributed by atoms with Gasteiger partial charge in [-0.3, -0.25) is 10.1 Å². The number of nitrogens with one attached hydrogen (secondary N) is 1. The molecule has 0 heterocycles. The molecule has 0 fully saturated rings. The van der Waals surface area contributed by atoms with Crippen molar-refractivity contribution in [3.05, 3.63) is 73.8 Å². The normalized spacial score (nSPS) is 12.1. The molecule has 2 aromatic carbocycles. The van der Waals surface area contributed by atoms with E-state index in [1.54, 1.807) is 6.07 Å². The second kappa shape index (κ2) is 6.89. The molecule has 21 heavy (non-hydrogen) atoms. The average molecular weight is 325 g/mol. The quantitative estimate of drug-likeness (QED) is 0.637. The molecular formula is C15H14Cl2N2O2. The maximum absolute atomic E-state index is 10.8. The van der Waals surface area contributed by atoms with Crippen LogP contribution in [-0.4, -0.2) is 4.92 Å². The number of hydrogen-bond acceptors (Lipinski definition) is 3. The van der Waals surface area contributed by atoms with Crippen molar-refractivity contribution >= 4 is 28.9 Å². The van der Waals surface area contributed by atoms with E-state index < -0.39 is 4.92 Å². The summed E-state index contributed by atoms with van der Waals surface area (Å²) in [5.74, 6) is 0. The van der Waals surface area contributed by atoms with Crippen molar-refractivity contribution in [3.63, 3.8) is 0 Å². The van der Waals surface area contributed by atoms with Crippen LogP contribution < -0.4 is 5.32 Å². The summed E-state index contributed by atoms with van der Waals surface area (Å²) in [4.78, 5) is 10.4. The fourth-order valence-electron chi connectivity index (χ4n) is 1.94. The number of benzene rings is 2. The second-order valence-corrected chi connectivity index (χ2v) is 5.53. The van der Waals surface area contributed by atoms with Gasteiger partial charge in [0.15, 0.2) is 0 Å². The summed E-state index contributed by atoms with van der Waals surface area (Å²) >= 11 is 11.9. The Balaban J connectivity index is 2.07. The molecule has 0 aromatic heterocycles. The maximum atomic E-state index is 10.8. The van der Waals surface area contributed by atoms with Gasteiger partial charge in [-0.15, -0.1) is 0 Å². The first-order valence-electron chi connectivity index (χ1n) is 6.39. The lowest BCUT2D eigenvalue weighted by atomic mass is 10.1. The molecule has 110 valence electrons. The standard InChI is InChI=1S/C15H14Cl2N2O2/c1-10(11-2-4-13(16)5-3-11)18-9-12-8-14(19(20)21)6-7-15(12)17/h2-8,10,18H,9H2,1H3/t10-/m0/s1. The summed E-state index contributed by atoms with van der Waals surface area (Å²) in [5.41, 5.74) is 1.82. The van der Waals surface area contributed by atoms with Crippen LogP contribution in [0.5, 0.6) is 0 Å². The molecule has 6 heteroatoms. The zero-order valence-electron chi connectivity index (χ0n) is 11.3. The van der Waals surface area contributed by atoms with Gasteiger partial charge in [-0.25, -0.2) is 0 Å². The van der Waals surface area contributed by atoms with Gasteiger partial charge in [-0.1, -0.05) is 35.3 Å². The van der Waals surface area contributed by atoms with Crippen molar-refractivity contribution in [2.24, 2.45) is 0 Å².